The third-order valence-corrected chi connectivity index (χ3v) is 5.84. The predicted octanol–water partition coefficient (Wildman–Crippen LogP) is 3.62. The van der Waals surface area contributed by atoms with E-state index in [1.807, 2.05) is 0 Å². The number of aryl methyl sites for hydroxylation is 1. The number of hydrogen-bond acceptors (Lipinski definition) is 5. The normalized spacial score (nSPS) is 16.8. The maximum atomic E-state index is 12.6. The summed E-state index contributed by atoms with van der Waals surface area (Å²) in [5, 5.41) is 21.9. The van der Waals surface area contributed by atoms with Gasteiger partial charge in [0.05, 0.1) is 11.1 Å². The van der Waals surface area contributed by atoms with Crippen LogP contribution in [0.15, 0.2) is 29.4 Å². The van der Waals surface area contributed by atoms with E-state index in [4.69, 9.17) is 0 Å². The summed E-state index contributed by atoms with van der Waals surface area (Å²) in [6, 6.07) is 6.04. The van der Waals surface area contributed by atoms with Gasteiger partial charge in [-0.25, -0.2) is 5.43 Å². The Bertz CT molecular complexity index is 916. The van der Waals surface area contributed by atoms with Gasteiger partial charge in [-0.15, -0.1) is 0 Å². The van der Waals surface area contributed by atoms with Gasteiger partial charge in [-0.2, -0.15) is 10.2 Å². The van der Waals surface area contributed by atoms with Crippen molar-refractivity contribution >= 4 is 17.8 Å². The number of H-pyrrole nitrogens is 1. The third-order valence-electron chi connectivity index (χ3n) is 5.84. The van der Waals surface area contributed by atoms with Crippen molar-refractivity contribution in [3.8, 4) is 0 Å². The molecule has 148 valence electrons. The molecule has 0 unspecified atom stereocenters. The Hall–Kier alpha value is -3.03. The summed E-state index contributed by atoms with van der Waals surface area (Å²) in [5.74, 6) is 0.122. The van der Waals surface area contributed by atoms with Crippen molar-refractivity contribution in [2.75, 3.05) is 0 Å². The molecule has 8 nitrogen and oxygen atoms in total. The summed E-state index contributed by atoms with van der Waals surface area (Å²) < 4.78 is 0. The minimum Gasteiger partial charge on any atom is -0.281 e. The van der Waals surface area contributed by atoms with Crippen LogP contribution in [0, 0.1) is 21.4 Å². The molecule has 0 spiro atoms. The lowest BCUT2D eigenvalue weighted by Gasteiger charge is -2.36. The molecule has 2 aromatic rings. The molecule has 1 aromatic carbocycles. The molecule has 1 heterocycles. The molecular formula is C20H25N5O3. The van der Waals surface area contributed by atoms with Crippen LogP contribution in [-0.2, 0) is 12.8 Å². The van der Waals surface area contributed by atoms with Gasteiger partial charge in [0.15, 0.2) is 5.69 Å². The van der Waals surface area contributed by atoms with E-state index >= 15 is 0 Å². The molecule has 1 atom stereocenters. The third kappa shape index (κ3) is 4.11. The number of nitrogens with zero attached hydrogens (tertiary/aromatic N) is 3. The van der Waals surface area contributed by atoms with E-state index in [9.17, 15) is 14.9 Å². The lowest BCUT2D eigenvalue weighted by molar-refractivity contribution is -0.384. The van der Waals surface area contributed by atoms with Gasteiger partial charge in [-0.05, 0) is 30.6 Å². The molecule has 28 heavy (non-hydrogen) atoms. The summed E-state index contributed by atoms with van der Waals surface area (Å²) >= 11 is 0. The number of nitro groups is 1. The highest BCUT2D eigenvalue weighted by Crippen LogP contribution is 2.40. The number of aromatic amines is 1. The quantitative estimate of drug-likeness (QED) is 0.450. The van der Waals surface area contributed by atoms with Crippen LogP contribution in [0.2, 0.25) is 0 Å². The lowest BCUT2D eigenvalue weighted by Crippen LogP contribution is -2.30. The van der Waals surface area contributed by atoms with E-state index in [1.54, 1.807) is 12.1 Å². The number of non-ortho nitro benzene ring substituents is 1. The van der Waals surface area contributed by atoms with Gasteiger partial charge >= 0.3 is 0 Å². The SMILES string of the molecule is CCC(C)(C)[C@H]1CCc2[nH]nc(C(=O)N/N=C\c3cccc([N+](=O)[O-])c3)c2C1. The number of hydrazone groups is 1. The monoisotopic (exact) mass is 383 g/mol. The number of carbonyl (C=O) groups excluding carboxylic acids is 1. The van der Waals surface area contributed by atoms with Crippen molar-refractivity contribution in [2.24, 2.45) is 16.4 Å². The number of carbonyl (C=O) groups is 1. The summed E-state index contributed by atoms with van der Waals surface area (Å²) in [7, 11) is 0. The molecule has 8 heteroatoms. The lowest BCUT2D eigenvalue weighted by atomic mass is 9.69. The van der Waals surface area contributed by atoms with Crippen molar-refractivity contribution < 1.29 is 9.72 Å². The first-order chi connectivity index (χ1) is 13.3. The second-order valence-electron chi connectivity index (χ2n) is 7.86. The largest absolute Gasteiger partial charge is 0.292 e. The Morgan fingerprint density at radius 3 is 3.00 bits per heavy atom. The van der Waals surface area contributed by atoms with Crippen LogP contribution in [0.1, 0.15) is 60.9 Å². The average molecular weight is 383 g/mol. The van der Waals surface area contributed by atoms with Crippen LogP contribution in [0.4, 0.5) is 5.69 Å². The van der Waals surface area contributed by atoms with Gasteiger partial charge in [-0.1, -0.05) is 39.3 Å². The highest BCUT2D eigenvalue weighted by molar-refractivity contribution is 5.94. The van der Waals surface area contributed by atoms with E-state index in [0.29, 0.717) is 17.2 Å². The van der Waals surface area contributed by atoms with Crippen LogP contribution in [0.5, 0.6) is 0 Å². The van der Waals surface area contributed by atoms with Crippen molar-refractivity contribution in [2.45, 2.75) is 46.5 Å². The number of nitrogens with one attached hydrogen (secondary N) is 2. The van der Waals surface area contributed by atoms with Crippen molar-refractivity contribution in [3.05, 3.63) is 56.9 Å². The number of rotatable bonds is 6. The Morgan fingerprint density at radius 1 is 1.50 bits per heavy atom. The van der Waals surface area contributed by atoms with E-state index in [2.05, 4.69) is 41.5 Å². The van der Waals surface area contributed by atoms with Gasteiger partial charge < -0.3 is 0 Å². The Morgan fingerprint density at radius 2 is 2.29 bits per heavy atom. The first-order valence-electron chi connectivity index (χ1n) is 9.45. The van der Waals surface area contributed by atoms with E-state index in [0.717, 1.165) is 36.9 Å². The molecule has 2 N–H and O–H groups in total. The predicted molar refractivity (Wildman–Crippen MR) is 106 cm³/mol. The first kappa shape index (κ1) is 19.7. The van der Waals surface area contributed by atoms with Crippen LogP contribution < -0.4 is 5.43 Å². The summed E-state index contributed by atoms with van der Waals surface area (Å²) in [6.07, 6.45) is 5.26. The maximum absolute atomic E-state index is 12.6. The minimum absolute atomic E-state index is 0.0266. The molecule has 3 rings (SSSR count). The fourth-order valence-electron chi connectivity index (χ4n) is 3.58. The van der Waals surface area contributed by atoms with Crippen molar-refractivity contribution in [3.63, 3.8) is 0 Å². The molecule has 1 aromatic heterocycles. The number of amides is 1. The van der Waals surface area contributed by atoms with Gasteiger partial charge in [0, 0.05) is 29.0 Å². The number of benzene rings is 1. The number of aromatic nitrogens is 2. The molecular weight excluding hydrogens is 358 g/mol. The molecule has 0 saturated heterocycles. The topological polar surface area (TPSA) is 113 Å². The highest BCUT2D eigenvalue weighted by Gasteiger charge is 2.34. The zero-order chi connectivity index (χ0) is 20.3. The Kier molecular flexibility index (Phi) is 5.58. The standard InChI is InChI=1S/C20H25N5O3/c1-4-20(2,3)14-8-9-17-16(11-14)18(23-22-17)19(26)24-21-12-13-6-5-7-15(10-13)25(27)28/h5-7,10,12,14H,4,8-9,11H2,1-3H3,(H,22,23)(H,24,26)/b21-12-/t14-/m0/s1. The highest BCUT2D eigenvalue weighted by atomic mass is 16.6. The number of hydrogen-bond donors (Lipinski definition) is 2. The van der Waals surface area contributed by atoms with Crippen LogP contribution in [0.3, 0.4) is 0 Å². The van der Waals surface area contributed by atoms with E-state index < -0.39 is 4.92 Å². The zero-order valence-electron chi connectivity index (χ0n) is 16.4. The Balaban J connectivity index is 1.70. The van der Waals surface area contributed by atoms with Crippen LogP contribution in [-0.4, -0.2) is 27.2 Å². The molecule has 0 bridgehead atoms. The molecule has 0 fully saturated rings. The second kappa shape index (κ2) is 7.92. The van der Waals surface area contributed by atoms with Crippen LogP contribution >= 0.6 is 0 Å². The maximum Gasteiger partial charge on any atom is 0.292 e. The summed E-state index contributed by atoms with van der Waals surface area (Å²) in [6.45, 7) is 6.73. The van der Waals surface area contributed by atoms with Gasteiger partial charge in [0.1, 0.15) is 0 Å². The Labute approximate surface area is 163 Å². The number of fused-ring (bicyclic) bond motifs is 1. The average Bonchev–Trinajstić information content (AvgIpc) is 3.11. The fourth-order valence-corrected chi connectivity index (χ4v) is 3.58. The summed E-state index contributed by atoms with van der Waals surface area (Å²) in [4.78, 5) is 22.9. The molecule has 0 saturated carbocycles. The minimum atomic E-state index is -0.472. The van der Waals surface area contributed by atoms with Gasteiger partial charge in [0.25, 0.3) is 11.6 Å². The van der Waals surface area contributed by atoms with Crippen molar-refractivity contribution in [1.82, 2.24) is 15.6 Å². The zero-order valence-corrected chi connectivity index (χ0v) is 16.4. The molecule has 1 aliphatic rings. The second-order valence-corrected chi connectivity index (χ2v) is 7.86. The fraction of sp³-hybridized carbons (Fsp3) is 0.450. The smallest absolute Gasteiger partial charge is 0.281 e. The molecule has 1 aliphatic carbocycles. The van der Waals surface area contributed by atoms with E-state index in [-0.39, 0.29) is 17.0 Å². The van der Waals surface area contributed by atoms with E-state index in [1.165, 1.54) is 18.3 Å². The first-order valence-corrected chi connectivity index (χ1v) is 9.45. The molecule has 0 radical (unpaired) electrons. The molecule has 1 amide bonds. The summed E-state index contributed by atoms with van der Waals surface area (Å²) in [5.41, 5.74) is 5.57. The van der Waals surface area contributed by atoms with Gasteiger partial charge in [0.2, 0.25) is 0 Å². The van der Waals surface area contributed by atoms with Gasteiger partial charge in [-0.3, -0.25) is 20.0 Å². The van der Waals surface area contributed by atoms with Crippen molar-refractivity contribution in [1.29, 1.82) is 0 Å². The molecule has 0 aliphatic heterocycles. The van der Waals surface area contributed by atoms with Crippen LogP contribution in [0.25, 0.3) is 0 Å². The number of nitro benzene ring substituents is 1.